The second-order valence-electron chi connectivity index (χ2n) is 9.47. The largest absolute Gasteiger partial charge is 0.494 e. The van der Waals surface area contributed by atoms with Gasteiger partial charge in [0.15, 0.2) is 0 Å². The van der Waals surface area contributed by atoms with Crippen LogP contribution in [0.25, 0.3) is 11.0 Å². The lowest BCUT2D eigenvalue weighted by Gasteiger charge is -2.11. The van der Waals surface area contributed by atoms with Crippen molar-refractivity contribution < 1.29 is 9.53 Å². The molecular weight excluding hydrogens is 482 g/mol. The molecule has 0 bridgehead atoms. The Kier molecular flexibility index (Phi) is 10.0. The Morgan fingerprint density at radius 1 is 0.946 bits per heavy atom. The first kappa shape index (κ1) is 26.7. The van der Waals surface area contributed by atoms with Gasteiger partial charge in [-0.25, -0.2) is 4.98 Å². The van der Waals surface area contributed by atoms with Gasteiger partial charge in [-0.15, -0.1) is 0 Å². The zero-order valence-corrected chi connectivity index (χ0v) is 22.3. The normalized spacial score (nSPS) is 11.1. The van der Waals surface area contributed by atoms with Gasteiger partial charge in [0.05, 0.1) is 24.1 Å². The highest BCUT2D eigenvalue weighted by Crippen LogP contribution is 2.19. The number of hydrogen-bond donors (Lipinski definition) is 1. The van der Waals surface area contributed by atoms with Crippen molar-refractivity contribution in [1.29, 1.82) is 0 Å². The number of imidazole rings is 1. The van der Waals surface area contributed by atoms with E-state index in [4.69, 9.17) is 21.3 Å². The van der Waals surface area contributed by atoms with E-state index in [0.29, 0.717) is 24.6 Å². The molecule has 1 amide bonds. The minimum Gasteiger partial charge on any atom is -0.494 e. The number of para-hydroxylation sites is 2. The van der Waals surface area contributed by atoms with Gasteiger partial charge < -0.3 is 14.6 Å². The van der Waals surface area contributed by atoms with E-state index in [1.54, 1.807) is 0 Å². The summed E-state index contributed by atoms with van der Waals surface area (Å²) in [5, 5.41) is 3.65. The van der Waals surface area contributed by atoms with Crippen LogP contribution in [0.2, 0.25) is 5.02 Å². The third kappa shape index (κ3) is 8.09. The Bertz CT molecular complexity index is 1300. The third-order valence-electron chi connectivity index (χ3n) is 6.48. The second-order valence-corrected chi connectivity index (χ2v) is 9.88. The number of nitrogens with zero attached hydrogens (tertiary/aromatic N) is 2. The van der Waals surface area contributed by atoms with Crippen molar-refractivity contribution >= 4 is 28.5 Å². The van der Waals surface area contributed by atoms with Crippen LogP contribution in [-0.2, 0) is 24.2 Å². The molecule has 194 valence electrons. The maximum absolute atomic E-state index is 12.2. The fourth-order valence-electron chi connectivity index (χ4n) is 4.52. The number of halogens is 1. The van der Waals surface area contributed by atoms with Crippen LogP contribution in [0.4, 0.5) is 0 Å². The third-order valence-corrected chi connectivity index (χ3v) is 6.84. The highest BCUT2D eigenvalue weighted by atomic mass is 35.5. The van der Waals surface area contributed by atoms with Gasteiger partial charge in [-0.1, -0.05) is 60.5 Å². The van der Waals surface area contributed by atoms with Gasteiger partial charge in [0.1, 0.15) is 11.6 Å². The number of fused-ring (bicyclic) bond motifs is 1. The van der Waals surface area contributed by atoms with E-state index in [-0.39, 0.29) is 5.91 Å². The van der Waals surface area contributed by atoms with Crippen LogP contribution >= 0.6 is 11.6 Å². The molecule has 0 fully saturated rings. The summed E-state index contributed by atoms with van der Waals surface area (Å²) in [4.78, 5) is 17.1. The molecule has 0 unspecified atom stereocenters. The molecule has 1 N–H and O–H groups in total. The van der Waals surface area contributed by atoms with E-state index in [2.05, 4.69) is 47.1 Å². The van der Waals surface area contributed by atoms with Gasteiger partial charge in [0.25, 0.3) is 0 Å². The highest BCUT2D eigenvalue weighted by molar-refractivity contribution is 6.31. The Morgan fingerprint density at radius 2 is 1.78 bits per heavy atom. The van der Waals surface area contributed by atoms with Crippen molar-refractivity contribution in [2.45, 2.75) is 58.4 Å². The van der Waals surface area contributed by atoms with E-state index in [1.807, 2.05) is 42.5 Å². The number of carbonyl (C=O) groups is 1. The minimum atomic E-state index is 0.0151. The zero-order chi connectivity index (χ0) is 25.9. The summed E-state index contributed by atoms with van der Waals surface area (Å²) < 4.78 is 8.29. The number of amides is 1. The van der Waals surface area contributed by atoms with Gasteiger partial charge >= 0.3 is 0 Å². The molecule has 0 saturated heterocycles. The van der Waals surface area contributed by atoms with Crippen LogP contribution in [-0.4, -0.2) is 28.6 Å². The summed E-state index contributed by atoms with van der Waals surface area (Å²) in [7, 11) is 0. The molecular formula is C31H36ClN3O2. The van der Waals surface area contributed by atoms with E-state index in [1.165, 1.54) is 11.1 Å². The molecule has 0 radical (unpaired) electrons. The van der Waals surface area contributed by atoms with Crippen LogP contribution in [0.15, 0.2) is 72.8 Å². The van der Waals surface area contributed by atoms with Crippen LogP contribution < -0.4 is 10.1 Å². The molecule has 4 rings (SSSR count). The molecule has 0 aliphatic rings. The van der Waals surface area contributed by atoms with Crippen LogP contribution in [0.3, 0.4) is 0 Å². The number of nitrogens with one attached hydrogen (secondary N) is 1. The van der Waals surface area contributed by atoms with Crippen molar-refractivity contribution in [1.82, 2.24) is 14.9 Å². The minimum absolute atomic E-state index is 0.0151. The summed E-state index contributed by atoms with van der Waals surface area (Å²) in [6, 6.07) is 24.1. The Balaban J connectivity index is 1.19. The average Bonchev–Trinajstić information content (AvgIpc) is 3.24. The van der Waals surface area contributed by atoms with E-state index >= 15 is 0 Å². The molecule has 0 saturated carbocycles. The maximum Gasteiger partial charge on any atom is 0.224 e. The van der Waals surface area contributed by atoms with E-state index < -0.39 is 0 Å². The van der Waals surface area contributed by atoms with Gasteiger partial charge in [-0.2, -0.15) is 0 Å². The SMILES string of the molecule is Cc1cccc(OCCCCn2c(CCCCCNC(=O)Cc3ccccc3Cl)nc3ccccc32)c1. The molecule has 0 aliphatic heterocycles. The lowest BCUT2D eigenvalue weighted by molar-refractivity contribution is -0.120. The van der Waals surface area contributed by atoms with Crippen molar-refractivity contribution in [3.8, 4) is 5.75 Å². The van der Waals surface area contributed by atoms with Crippen LogP contribution in [0.5, 0.6) is 5.75 Å². The first-order chi connectivity index (χ1) is 18.1. The van der Waals surface area contributed by atoms with Crippen molar-refractivity contribution in [2.24, 2.45) is 0 Å². The molecule has 5 nitrogen and oxygen atoms in total. The monoisotopic (exact) mass is 517 g/mol. The number of unbranched alkanes of at least 4 members (excludes halogenated alkanes) is 3. The van der Waals surface area contributed by atoms with Crippen molar-refractivity contribution in [3.63, 3.8) is 0 Å². The van der Waals surface area contributed by atoms with E-state index in [9.17, 15) is 4.79 Å². The number of aryl methyl sites for hydroxylation is 3. The number of aromatic nitrogens is 2. The lowest BCUT2D eigenvalue weighted by atomic mass is 10.1. The Hall–Kier alpha value is -3.31. The topological polar surface area (TPSA) is 56.1 Å². The Labute approximate surface area is 224 Å². The summed E-state index contributed by atoms with van der Waals surface area (Å²) >= 11 is 6.15. The summed E-state index contributed by atoms with van der Waals surface area (Å²) in [6.45, 7) is 4.41. The lowest BCUT2D eigenvalue weighted by Crippen LogP contribution is -2.26. The molecule has 0 atom stereocenters. The fourth-order valence-corrected chi connectivity index (χ4v) is 4.73. The molecule has 3 aromatic carbocycles. The van der Waals surface area contributed by atoms with Crippen molar-refractivity contribution in [2.75, 3.05) is 13.2 Å². The summed E-state index contributed by atoms with van der Waals surface area (Å²) in [6.07, 6.45) is 6.32. The molecule has 0 spiro atoms. The number of benzene rings is 3. The molecule has 1 heterocycles. The van der Waals surface area contributed by atoms with Gasteiger partial charge in [-0.3, -0.25) is 4.79 Å². The molecule has 1 aromatic heterocycles. The first-order valence-corrected chi connectivity index (χ1v) is 13.6. The highest BCUT2D eigenvalue weighted by Gasteiger charge is 2.10. The molecule has 37 heavy (non-hydrogen) atoms. The first-order valence-electron chi connectivity index (χ1n) is 13.2. The number of hydrogen-bond acceptors (Lipinski definition) is 3. The quantitative estimate of drug-likeness (QED) is 0.184. The zero-order valence-electron chi connectivity index (χ0n) is 21.6. The van der Waals surface area contributed by atoms with Crippen LogP contribution in [0.1, 0.15) is 49.1 Å². The van der Waals surface area contributed by atoms with E-state index in [0.717, 1.165) is 67.7 Å². The van der Waals surface area contributed by atoms with Crippen LogP contribution in [0, 0.1) is 6.92 Å². The molecule has 0 aliphatic carbocycles. The standard InChI is InChI=1S/C31H36ClN3O2/c1-24-12-11-14-26(22-24)37-21-10-9-20-35-29-17-7-6-16-28(29)34-30(35)18-3-2-8-19-33-31(36)23-25-13-4-5-15-27(25)32/h4-7,11-17,22H,2-3,8-10,18-21,23H2,1H3,(H,33,36). The predicted molar refractivity (Wildman–Crippen MR) is 151 cm³/mol. The Morgan fingerprint density at radius 3 is 2.65 bits per heavy atom. The molecule has 6 heteroatoms. The number of rotatable bonds is 14. The van der Waals surface area contributed by atoms with Crippen molar-refractivity contribution in [3.05, 3.63) is 94.8 Å². The smallest absolute Gasteiger partial charge is 0.224 e. The molecule has 4 aromatic rings. The predicted octanol–water partition coefficient (Wildman–Crippen LogP) is 6.93. The average molecular weight is 518 g/mol. The fraction of sp³-hybridized carbons (Fsp3) is 0.355. The maximum atomic E-state index is 12.2. The second kappa shape index (κ2) is 13.8. The van der Waals surface area contributed by atoms with Gasteiger partial charge in [0, 0.05) is 24.5 Å². The van der Waals surface area contributed by atoms with Gasteiger partial charge in [-0.05, 0) is 74.1 Å². The number of carbonyl (C=O) groups excluding carboxylic acids is 1. The number of ether oxygens (including phenoxy) is 1. The summed E-state index contributed by atoms with van der Waals surface area (Å²) in [5.74, 6) is 2.10. The summed E-state index contributed by atoms with van der Waals surface area (Å²) in [5.41, 5.74) is 4.33. The van der Waals surface area contributed by atoms with Gasteiger partial charge in [0.2, 0.25) is 5.91 Å².